The first-order valence-electron chi connectivity index (χ1n) is 3.66. The van der Waals surface area contributed by atoms with Gasteiger partial charge < -0.3 is 9.64 Å². The van der Waals surface area contributed by atoms with Crippen molar-refractivity contribution in [3.8, 4) is 5.75 Å². The van der Waals surface area contributed by atoms with Crippen molar-refractivity contribution >= 4 is 5.69 Å². The van der Waals surface area contributed by atoms with Gasteiger partial charge in [0.25, 0.3) is 0 Å². The standard InChI is InChI=1S/C9H10NO/c1-10-6-7-11-9-5-3-2-4-8(9)10/h2-5,7H,6H2,1H3. The van der Waals surface area contributed by atoms with E-state index >= 15 is 0 Å². The Morgan fingerprint density at radius 1 is 1.36 bits per heavy atom. The number of likely N-dealkylation sites (N-methyl/N-ethyl adjacent to an activating group) is 1. The maximum absolute atomic E-state index is 5.33. The van der Waals surface area contributed by atoms with Crippen LogP contribution in [0.15, 0.2) is 24.3 Å². The summed E-state index contributed by atoms with van der Waals surface area (Å²) in [6, 6.07) is 8.03. The first kappa shape index (κ1) is 6.53. The van der Waals surface area contributed by atoms with Crippen LogP contribution in [-0.2, 0) is 0 Å². The summed E-state index contributed by atoms with van der Waals surface area (Å²) in [5.41, 5.74) is 1.16. The van der Waals surface area contributed by atoms with Gasteiger partial charge in [-0.3, -0.25) is 0 Å². The first-order valence-corrected chi connectivity index (χ1v) is 3.66. The molecule has 0 bridgehead atoms. The molecule has 1 heterocycles. The molecule has 0 unspecified atom stereocenters. The SMILES string of the molecule is CN1C[CH]Oc2ccccc21. The molecule has 1 aliphatic heterocycles. The molecule has 1 radical (unpaired) electrons. The third-order valence-corrected chi connectivity index (χ3v) is 1.84. The van der Waals surface area contributed by atoms with Gasteiger partial charge in [-0.2, -0.15) is 0 Å². The highest BCUT2D eigenvalue weighted by molar-refractivity contribution is 5.59. The number of anilines is 1. The van der Waals surface area contributed by atoms with E-state index in [1.165, 1.54) is 0 Å². The number of nitrogens with zero attached hydrogens (tertiary/aromatic N) is 1. The van der Waals surface area contributed by atoms with Crippen LogP contribution >= 0.6 is 0 Å². The lowest BCUT2D eigenvalue weighted by Gasteiger charge is -2.26. The molecule has 1 aliphatic rings. The van der Waals surface area contributed by atoms with Crippen LogP contribution in [0.25, 0.3) is 0 Å². The summed E-state index contributed by atoms with van der Waals surface area (Å²) in [5.74, 6) is 0.946. The molecule has 2 heteroatoms. The summed E-state index contributed by atoms with van der Waals surface area (Å²) in [6.45, 7) is 2.67. The predicted molar refractivity (Wildman–Crippen MR) is 44.6 cm³/mol. The molecule has 2 rings (SSSR count). The van der Waals surface area contributed by atoms with Gasteiger partial charge in [0.1, 0.15) is 5.75 Å². The Hall–Kier alpha value is -1.18. The minimum absolute atomic E-state index is 0.858. The lowest BCUT2D eigenvalue weighted by atomic mass is 10.2. The molecule has 0 aromatic heterocycles. The van der Waals surface area contributed by atoms with Crippen LogP contribution in [-0.4, -0.2) is 13.6 Å². The molecular formula is C9H10NO. The third-order valence-electron chi connectivity index (χ3n) is 1.84. The van der Waals surface area contributed by atoms with E-state index in [1.54, 1.807) is 0 Å². The molecule has 1 aromatic rings. The average Bonchev–Trinajstić information content (AvgIpc) is 2.06. The van der Waals surface area contributed by atoms with Gasteiger partial charge in [0, 0.05) is 7.05 Å². The van der Waals surface area contributed by atoms with Crippen molar-refractivity contribution in [3.05, 3.63) is 30.9 Å². The van der Waals surface area contributed by atoms with Gasteiger partial charge in [0.15, 0.2) is 6.61 Å². The fourth-order valence-electron chi connectivity index (χ4n) is 1.21. The molecule has 2 nitrogen and oxygen atoms in total. The van der Waals surface area contributed by atoms with E-state index in [2.05, 4.69) is 18.0 Å². The fourth-order valence-corrected chi connectivity index (χ4v) is 1.21. The zero-order valence-electron chi connectivity index (χ0n) is 6.45. The van der Waals surface area contributed by atoms with Gasteiger partial charge in [-0.25, -0.2) is 0 Å². The van der Waals surface area contributed by atoms with Gasteiger partial charge in [0.05, 0.1) is 12.2 Å². The molecule has 0 saturated carbocycles. The monoisotopic (exact) mass is 148 g/mol. The summed E-state index contributed by atoms with van der Waals surface area (Å²) in [7, 11) is 2.05. The van der Waals surface area contributed by atoms with Crippen LogP contribution < -0.4 is 9.64 Å². The normalized spacial score (nSPS) is 15.5. The van der Waals surface area contributed by atoms with Gasteiger partial charge in [-0.1, -0.05) is 12.1 Å². The van der Waals surface area contributed by atoms with Gasteiger partial charge >= 0.3 is 0 Å². The maximum atomic E-state index is 5.33. The summed E-state index contributed by atoms with van der Waals surface area (Å²) in [6.07, 6.45) is 0. The third kappa shape index (κ3) is 1.04. The molecule has 11 heavy (non-hydrogen) atoms. The van der Waals surface area contributed by atoms with Crippen molar-refractivity contribution in [1.82, 2.24) is 0 Å². The van der Waals surface area contributed by atoms with Crippen molar-refractivity contribution in [2.75, 3.05) is 18.5 Å². The van der Waals surface area contributed by atoms with Gasteiger partial charge in [0.2, 0.25) is 0 Å². The highest BCUT2D eigenvalue weighted by atomic mass is 16.5. The average molecular weight is 148 g/mol. The lowest BCUT2D eigenvalue weighted by molar-refractivity contribution is 0.388. The van der Waals surface area contributed by atoms with Crippen LogP contribution in [0.4, 0.5) is 5.69 Å². The number of fused-ring (bicyclic) bond motifs is 1. The zero-order valence-corrected chi connectivity index (χ0v) is 6.45. The molecule has 0 amide bonds. The summed E-state index contributed by atoms with van der Waals surface area (Å²) in [5, 5.41) is 0. The Balaban J connectivity index is 2.44. The molecule has 57 valence electrons. The number of benzene rings is 1. The van der Waals surface area contributed by atoms with E-state index in [0.717, 1.165) is 18.0 Å². The van der Waals surface area contributed by atoms with Gasteiger partial charge in [-0.15, -0.1) is 0 Å². The van der Waals surface area contributed by atoms with Crippen molar-refractivity contribution in [2.24, 2.45) is 0 Å². The highest BCUT2D eigenvalue weighted by Crippen LogP contribution is 2.30. The topological polar surface area (TPSA) is 12.5 Å². The van der Waals surface area contributed by atoms with Crippen LogP contribution in [0, 0.1) is 6.61 Å². The Morgan fingerprint density at radius 3 is 3.00 bits per heavy atom. The van der Waals surface area contributed by atoms with Crippen molar-refractivity contribution in [2.45, 2.75) is 0 Å². The van der Waals surface area contributed by atoms with Crippen molar-refractivity contribution < 1.29 is 4.74 Å². The summed E-state index contributed by atoms with van der Waals surface area (Å²) >= 11 is 0. The minimum atomic E-state index is 0.858. The predicted octanol–water partition coefficient (Wildman–Crippen LogP) is 1.68. The van der Waals surface area contributed by atoms with Crippen LogP contribution in [0.5, 0.6) is 5.75 Å². The second-order valence-electron chi connectivity index (χ2n) is 2.63. The van der Waals surface area contributed by atoms with Crippen LogP contribution in [0.3, 0.4) is 0 Å². The largest absolute Gasteiger partial charge is 0.482 e. The van der Waals surface area contributed by atoms with Crippen LogP contribution in [0.2, 0.25) is 0 Å². The molecule has 0 fully saturated rings. The molecule has 0 N–H and O–H groups in total. The molecule has 0 spiro atoms. The highest BCUT2D eigenvalue weighted by Gasteiger charge is 2.12. The molecular weight excluding hydrogens is 138 g/mol. The molecule has 0 aliphatic carbocycles. The summed E-state index contributed by atoms with van der Waals surface area (Å²) in [4.78, 5) is 2.15. The van der Waals surface area contributed by atoms with Crippen LogP contribution in [0.1, 0.15) is 0 Å². The number of para-hydroxylation sites is 2. The Morgan fingerprint density at radius 2 is 2.18 bits per heavy atom. The second kappa shape index (κ2) is 2.46. The van der Waals surface area contributed by atoms with E-state index in [1.807, 2.05) is 24.8 Å². The van der Waals surface area contributed by atoms with E-state index in [0.29, 0.717) is 0 Å². The smallest absolute Gasteiger partial charge is 0.155 e. The number of hydrogen-bond acceptors (Lipinski definition) is 2. The quantitative estimate of drug-likeness (QED) is 0.555. The Bertz CT molecular complexity index is 259. The number of hydrogen-bond donors (Lipinski definition) is 0. The number of ether oxygens (including phenoxy) is 1. The van der Waals surface area contributed by atoms with Crippen molar-refractivity contribution in [1.29, 1.82) is 0 Å². The number of rotatable bonds is 0. The zero-order chi connectivity index (χ0) is 7.68. The van der Waals surface area contributed by atoms with E-state index in [4.69, 9.17) is 4.74 Å². The minimum Gasteiger partial charge on any atom is -0.482 e. The lowest BCUT2D eigenvalue weighted by Crippen LogP contribution is -2.25. The van der Waals surface area contributed by atoms with Gasteiger partial charge in [-0.05, 0) is 12.1 Å². The van der Waals surface area contributed by atoms with E-state index < -0.39 is 0 Å². The first-order chi connectivity index (χ1) is 5.38. The Kier molecular flexibility index (Phi) is 1.46. The maximum Gasteiger partial charge on any atom is 0.155 e. The molecule has 1 aromatic carbocycles. The van der Waals surface area contributed by atoms with E-state index in [9.17, 15) is 0 Å². The van der Waals surface area contributed by atoms with E-state index in [-0.39, 0.29) is 0 Å². The molecule has 0 saturated heterocycles. The van der Waals surface area contributed by atoms with Crippen molar-refractivity contribution in [3.63, 3.8) is 0 Å². The fraction of sp³-hybridized carbons (Fsp3) is 0.222. The second-order valence-corrected chi connectivity index (χ2v) is 2.63. The summed E-state index contributed by atoms with van der Waals surface area (Å²) < 4.78 is 5.33. The Labute approximate surface area is 66.4 Å². The molecule has 0 atom stereocenters.